The molecule has 2 saturated heterocycles. The van der Waals surface area contributed by atoms with E-state index >= 15 is 0 Å². The highest BCUT2D eigenvalue weighted by atomic mass is 16.5. The number of hydrogen-bond donors (Lipinski definition) is 2. The number of likely N-dealkylation sites (tertiary alicyclic amines) is 1. The van der Waals surface area contributed by atoms with Crippen molar-refractivity contribution < 1.29 is 14.3 Å². The Hall–Kier alpha value is -2.22. The topological polar surface area (TPSA) is 96.5 Å². The summed E-state index contributed by atoms with van der Waals surface area (Å²) in [4.78, 5) is 36.4. The van der Waals surface area contributed by atoms with E-state index in [0.717, 1.165) is 30.7 Å². The zero-order chi connectivity index (χ0) is 19.7. The molecular formula is C20H29N5O3. The Morgan fingerprint density at radius 3 is 2.89 bits per heavy atom. The van der Waals surface area contributed by atoms with Crippen molar-refractivity contribution in [3.8, 4) is 0 Å². The lowest BCUT2D eigenvalue weighted by molar-refractivity contribution is -0.131. The van der Waals surface area contributed by atoms with Crippen LogP contribution < -0.4 is 10.6 Å². The van der Waals surface area contributed by atoms with Crippen LogP contribution in [-0.2, 0) is 28.9 Å². The Morgan fingerprint density at radius 1 is 1.25 bits per heavy atom. The first-order valence-corrected chi connectivity index (χ1v) is 10.3. The molecule has 2 fully saturated rings. The number of aryl methyl sites for hydroxylation is 2. The molecular weight excluding hydrogens is 358 g/mol. The van der Waals surface area contributed by atoms with Gasteiger partial charge in [-0.1, -0.05) is 0 Å². The van der Waals surface area contributed by atoms with Crippen LogP contribution in [-0.4, -0.2) is 59.7 Å². The van der Waals surface area contributed by atoms with E-state index in [9.17, 15) is 9.59 Å². The van der Waals surface area contributed by atoms with Crippen LogP contribution in [0.25, 0.3) is 0 Å². The summed E-state index contributed by atoms with van der Waals surface area (Å²) >= 11 is 0. The molecule has 2 atom stereocenters. The van der Waals surface area contributed by atoms with Gasteiger partial charge in [0, 0.05) is 36.9 Å². The molecule has 152 valence electrons. The average molecular weight is 387 g/mol. The minimum Gasteiger partial charge on any atom is -0.380 e. The highest BCUT2D eigenvalue weighted by Crippen LogP contribution is 2.41. The lowest BCUT2D eigenvalue weighted by Crippen LogP contribution is -2.47. The molecule has 8 nitrogen and oxygen atoms in total. The van der Waals surface area contributed by atoms with Crippen LogP contribution in [0.1, 0.15) is 42.5 Å². The second kappa shape index (κ2) is 7.66. The van der Waals surface area contributed by atoms with E-state index in [2.05, 4.69) is 15.6 Å². The predicted molar refractivity (Wildman–Crippen MR) is 103 cm³/mol. The van der Waals surface area contributed by atoms with E-state index in [4.69, 9.17) is 9.72 Å². The van der Waals surface area contributed by atoms with Gasteiger partial charge >= 0.3 is 6.03 Å². The molecule has 0 bridgehead atoms. The summed E-state index contributed by atoms with van der Waals surface area (Å²) in [6, 6.07) is -0.113. The van der Waals surface area contributed by atoms with Gasteiger partial charge in [0.05, 0.1) is 25.2 Å². The lowest BCUT2D eigenvalue weighted by Gasteiger charge is -2.26. The predicted octanol–water partition coefficient (Wildman–Crippen LogP) is 0.958. The fraction of sp³-hybridized carbons (Fsp3) is 0.700. The zero-order valence-corrected chi connectivity index (χ0v) is 16.7. The molecule has 3 amide bonds. The summed E-state index contributed by atoms with van der Waals surface area (Å²) in [5.41, 5.74) is 2.76. The van der Waals surface area contributed by atoms with Crippen LogP contribution in [0.3, 0.4) is 0 Å². The van der Waals surface area contributed by atoms with Crippen LogP contribution in [0.15, 0.2) is 0 Å². The lowest BCUT2D eigenvalue weighted by atomic mass is 9.80. The third-order valence-corrected chi connectivity index (χ3v) is 6.28. The third-order valence-electron chi connectivity index (χ3n) is 6.28. The van der Waals surface area contributed by atoms with Gasteiger partial charge in [-0.05, 0) is 45.1 Å². The van der Waals surface area contributed by atoms with Crippen LogP contribution in [0, 0.1) is 18.3 Å². The number of carbonyl (C=O) groups excluding carboxylic acids is 2. The first kappa shape index (κ1) is 19.1. The minimum atomic E-state index is -0.672. The van der Waals surface area contributed by atoms with Crippen LogP contribution in [0.4, 0.5) is 4.79 Å². The smallest absolute Gasteiger partial charge is 0.317 e. The first-order valence-electron chi connectivity index (χ1n) is 10.3. The number of nitrogens with zero attached hydrogens (tertiary/aromatic N) is 3. The van der Waals surface area contributed by atoms with Crippen molar-refractivity contribution in [2.75, 3.05) is 32.8 Å². The second-order valence-corrected chi connectivity index (χ2v) is 8.12. The van der Waals surface area contributed by atoms with E-state index in [1.165, 1.54) is 12.0 Å². The third kappa shape index (κ3) is 3.34. The highest BCUT2D eigenvalue weighted by molar-refractivity contribution is 5.86. The fourth-order valence-electron chi connectivity index (χ4n) is 4.73. The van der Waals surface area contributed by atoms with Gasteiger partial charge in [0.1, 0.15) is 5.82 Å². The normalized spacial score (nSPS) is 25.9. The van der Waals surface area contributed by atoms with Crippen molar-refractivity contribution in [2.24, 2.45) is 11.3 Å². The maximum absolute atomic E-state index is 13.1. The molecule has 1 aromatic heterocycles. The van der Waals surface area contributed by atoms with Crippen LogP contribution in [0.2, 0.25) is 0 Å². The van der Waals surface area contributed by atoms with E-state index in [-0.39, 0.29) is 17.9 Å². The van der Waals surface area contributed by atoms with E-state index < -0.39 is 5.41 Å². The van der Waals surface area contributed by atoms with Gasteiger partial charge in [-0.3, -0.25) is 4.79 Å². The van der Waals surface area contributed by atoms with Crippen LogP contribution >= 0.6 is 0 Å². The minimum absolute atomic E-state index is 0.0290. The SMILES string of the molecule is CCNC(=O)N1C[C@@H]2COC[C@]2(C(=O)NCc2nc(C)c3c(n2)CCCC3)C1. The Bertz CT molecular complexity index is 783. The Labute approximate surface area is 165 Å². The number of nitrogens with one attached hydrogen (secondary N) is 2. The van der Waals surface area contributed by atoms with Gasteiger partial charge in [0.15, 0.2) is 0 Å². The number of aromatic nitrogens is 2. The quantitative estimate of drug-likeness (QED) is 0.802. The van der Waals surface area contributed by atoms with Crippen molar-refractivity contribution >= 4 is 11.9 Å². The summed E-state index contributed by atoms with van der Waals surface area (Å²) < 4.78 is 5.62. The van der Waals surface area contributed by atoms with Crippen molar-refractivity contribution in [3.05, 3.63) is 22.8 Å². The molecule has 0 aromatic carbocycles. The molecule has 0 radical (unpaired) electrons. The number of urea groups is 1. The van der Waals surface area contributed by atoms with Crippen molar-refractivity contribution in [1.82, 2.24) is 25.5 Å². The molecule has 3 aliphatic rings. The van der Waals surface area contributed by atoms with Gasteiger partial charge in [-0.2, -0.15) is 0 Å². The van der Waals surface area contributed by atoms with E-state index in [0.29, 0.717) is 45.2 Å². The molecule has 2 aliphatic heterocycles. The van der Waals surface area contributed by atoms with Gasteiger partial charge < -0.3 is 20.3 Å². The van der Waals surface area contributed by atoms with Gasteiger partial charge in [0.25, 0.3) is 0 Å². The van der Waals surface area contributed by atoms with Crippen LogP contribution in [0.5, 0.6) is 0 Å². The van der Waals surface area contributed by atoms with Crippen molar-refractivity contribution in [1.29, 1.82) is 0 Å². The number of fused-ring (bicyclic) bond motifs is 2. The van der Waals surface area contributed by atoms with Gasteiger partial charge in [-0.25, -0.2) is 14.8 Å². The maximum atomic E-state index is 13.1. The van der Waals surface area contributed by atoms with Gasteiger partial charge in [0.2, 0.25) is 5.91 Å². The number of rotatable bonds is 4. The number of ether oxygens (including phenoxy) is 1. The second-order valence-electron chi connectivity index (χ2n) is 8.12. The molecule has 4 rings (SSSR count). The number of amides is 3. The molecule has 0 spiro atoms. The highest BCUT2D eigenvalue weighted by Gasteiger charge is 2.56. The first-order chi connectivity index (χ1) is 13.5. The standard InChI is InChI=1S/C20H29N5O3/c1-3-21-19(27)25-9-14-10-28-12-20(14,11-25)18(26)22-8-17-23-13(2)15-6-4-5-7-16(15)24-17/h14H,3-12H2,1-2H3,(H,21,27)(H,22,26)/t14-,20-/m1/s1. The zero-order valence-electron chi connectivity index (χ0n) is 16.7. The summed E-state index contributed by atoms with van der Waals surface area (Å²) in [6.07, 6.45) is 4.39. The average Bonchev–Trinajstić information content (AvgIpc) is 3.25. The number of hydrogen-bond acceptors (Lipinski definition) is 5. The van der Waals surface area contributed by atoms with Crippen molar-refractivity contribution in [3.63, 3.8) is 0 Å². The van der Waals surface area contributed by atoms with E-state index in [1.807, 2.05) is 13.8 Å². The van der Waals surface area contributed by atoms with Gasteiger partial charge in [-0.15, -0.1) is 0 Å². The molecule has 2 N–H and O–H groups in total. The number of carbonyl (C=O) groups is 2. The Kier molecular flexibility index (Phi) is 5.23. The monoisotopic (exact) mass is 387 g/mol. The molecule has 1 aromatic rings. The molecule has 0 saturated carbocycles. The summed E-state index contributed by atoms with van der Waals surface area (Å²) in [6.45, 7) is 6.60. The van der Waals surface area contributed by atoms with E-state index in [1.54, 1.807) is 4.90 Å². The summed E-state index contributed by atoms with van der Waals surface area (Å²) in [7, 11) is 0. The Balaban J connectivity index is 1.44. The molecule has 3 heterocycles. The maximum Gasteiger partial charge on any atom is 0.317 e. The Morgan fingerprint density at radius 2 is 2.07 bits per heavy atom. The molecule has 8 heteroatoms. The molecule has 1 aliphatic carbocycles. The molecule has 28 heavy (non-hydrogen) atoms. The fourth-order valence-corrected chi connectivity index (χ4v) is 4.73. The van der Waals surface area contributed by atoms with Crippen molar-refractivity contribution in [2.45, 2.75) is 46.1 Å². The molecule has 0 unspecified atom stereocenters. The summed E-state index contributed by atoms with van der Waals surface area (Å²) in [5, 5.41) is 5.85. The largest absolute Gasteiger partial charge is 0.380 e. The summed E-state index contributed by atoms with van der Waals surface area (Å²) in [5.74, 6) is 0.624.